The standard InChI is InChI=1S/C9H10Cl3NS/c1-5(2)6(4-10)3-7-8(11)13-9(12)14-7/h3,5H,4H2,1-2H3. The van der Waals surface area contributed by atoms with Crippen molar-refractivity contribution in [3.8, 4) is 0 Å². The second-order valence-electron chi connectivity index (χ2n) is 3.13. The average molecular weight is 271 g/mol. The molecule has 0 amide bonds. The number of rotatable bonds is 3. The van der Waals surface area contributed by atoms with Crippen LogP contribution in [0.15, 0.2) is 5.57 Å². The topological polar surface area (TPSA) is 12.9 Å². The number of nitrogens with zero attached hydrogens (tertiary/aromatic N) is 1. The number of aromatic nitrogens is 1. The lowest BCUT2D eigenvalue weighted by molar-refractivity contribution is 0.778. The first-order valence-corrected chi connectivity index (χ1v) is 6.23. The molecule has 0 N–H and O–H groups in total. The minimum atomic E-state index is 0.407. The van der Waals surface area contributed by atoms with Crippen molar-refractivity contribution in [1.29, 1.82) is 0 Å². The summed E-state index contributed by atoms with van der Waals surface area (Å²) in [7, 11) is 0. The molecule has 1 aromatic heterocycles. The molecule has 1 heterocycles. The SMILES string of the molecule is CC(C)C(=Cc1sc(Cl)nc1Cl)CCl. The predicted molar refractivity (Wildman–Crippen MR) is 65.7 cm³/mol. The van der Waals surface area contributed by atoms with E-state index in [-0.39, 0.29) is 0 Å². The van der Waals surface area contributed by atoms with Crippen LogP contribution in [0.3, 0.4) is 0 Å². The predicted octanol–water partition coefficient (Wildman–Crippen LogP) is 4.73. The molecular formula is C9H10Cl3NS. The maximum Gasteiger partial charge on any atom is 0.185 e. The third kappa shape index (κ3) is 3.13. The third-order valence-electron chi connectivity index (χ3n) is 1.80. The van der Waals surface area contributed by atoms with Crippen LogP contribution in [0.2, 0.25) is 9.62 Å². The Hall–Kier alpha value is 0.240. The minimum absolute atomic E-state index is 0.407. The van der Waals surface area contributed by atoms with Gasteiger partial charge in [-0.1, -0.05) is 42.6 Å². The van der Waals surface area contributed by atoms with E-state index in [4.69, 9.17) is 34.8 Å². The first-order chi connectivity index (χ1) is 6.54. The Kier molecular flexibility index (Phi) is 4.71. The van der Waals surface area contributed by atoms with E-state index in [1.807, 2.05) is 6.08 Å². The Bertz CT molecular complexity index is 344. The van der Waals surface area contributed by atoms with E-state index in [9.17, 15) is 0 Å². The van der Waals surface area contributed by atoms with Gasteiger partial charge in [-0.15, -0.1) is 22.9 Å². The Labute approximate surface area is 103 Å². The maximum atomic E-state index is 5.88. The molecule has 0 unspecified atom stereocenters. The number of allylic oxidation sites excluding steroid dienone is 1. The molecule has 0 aliphatic heterocycles. The van der Waals surface area contributed by atoms with Gasteiger partial charge in [0, 0.05) is 5.88 Å². The molecule has 5 heteroatoms. The summed E-state index contributed by atoms with van der Waals surface area (Å²) in [4.78, 5) is 4.80. The number of halogens is 3. The van der Waals surface area contributed by atoms with Crippen LogP contribution in [0, 0.1) is 5.92 Å². The van der Waals surface area contributed by atoms with Crippen molar-refractivity contribution >= 4 is 52.2 Å². The molecule has 0 aliphatic rings. The number of hydrogen-bond donors (Lipinski definition) is 0. The van der Waals surface area contributed by atoms with Crippen molar-refractivity contribution in [3.63, 3.8) is 0 Å². The zero-order chi connectivity index (χ0) is 10.7. The van der Waals surface area contributed by atoms with Gasteiger partial charge in [0.25, 0.3) is 0 Å². The highest BCUT2D eigenvalue weighted by molar-refractivity contribution is 7.17. The highest BCUT2D eigenvalue weighted by atomic mass is 35.5. The molecular weight excluding hydrogens is 261 g/mol. The van der Waals surface area contributed by atoms with Crippen molar-refractivity contribution in [2.75, 3.05) is 5.88 Å². The van der Waals surface area contributed by atoms with Crippen molar-refractivity contribution in [2.45, 2.75) is 13.8 Å². The van der Waals surface area contributed by atoms with Gasteiger partial charge in [0.1, 0.15) is 5.15 Å². The van der Waals surface area contributed by atoms with Gasteiger partial charge in [0.05, 0.1) is 4.88 Å². The Balaban J connectivity index is 3.00. The molecule has 0 atom stereocenters. The fourth-order valence-electron chi connectivity index (χ4n) is 0.905. The lowest BCUT2D eigenvalue weighted by atomic mass is 10.1. The molecule has 0 saturated carbocycles. The van der Waals surface area contributed by atoms with Crippen LogP contribution in [0.25, 0.3) is 6.08 Å². The molecule has 0 radical (unpaired) electrons. The van der Waals surface area contributed by atoms with Crippen LogP contribution in [-0.2, 0) is 0 Å². The lowest BCUT2D eigenvalue weighted by Gasteiger charge is -2.06. The van der Waals surface area contributed by atoms with Gasteiger partial charge in [-0.2, -0.15) is 0 Å². The molecule has 1 aromatic rings. The molecule has 0 aliphatic carbocycles. The second kappa shape index (κ2) is 5.36. The Morgan fingerprint density at radius 3 is 2.50 bits per heavy atom. The number of thiazole rings is 1. The zero-order valence-electron chi connectivity index (χ0n) is 7.85. The fraction of sp³-hybridized carbons (Fsp3) is 0.444. The van der Waals surface area contributed by atoms with E-state index in [2.05, 4.69) is 18.8 Å². The van der Waals surface area contributed by atoms with Gasteiger partial charge >= 0.3 is 0 Å². The van der Waals surface area contributed by atoms with Gasteiger partial charge < -0.3 is 0 Å². The Morgan fingerprint density at radius 2 is 2.14 bits per heavy atom. The number of alkyl halides is 1. The first-order valence-electron chi connectivity index (χ1n) is 4.12. The molecule has 0 aromatic carbocycles. The van der Waals surface area contributed by atoms with Gasteiger partial charge in [-0.05, 0) is 12.0 Å². The molecule has 0 bridgehead atoms. The Morgan fingerprint density at radius 1 is 1.50 bits per heavy atom. The number of hydrogen-bond acceptors (Lipinski definition) is 2. The molecule has 0 saturated heterocycles. The van der Waals surface area contributed by atoms with Crippen LogP contribution in [0.4, 0.5) is 0 Å². The molecule has 1 rings (SSSR count). The zero-order valence-corrected chi connectivity index (χ0v) is 10.9. The summed E-state index contributed by atoms with van der Waals surface area (Å²) in [5.74, 6) is 0.910. The molecule has 14 heavy (non-hydrogen) atoms. The maximum absolute atomic E-state index is 5.88. The fourth-order valence-corrected chi connectivity index (χ4v) is 2.63. The summed E-state index contributed by atoms with van der Waals surface area (Å²) in [6.45, 7) is 4.18. The van der Waals surface area contributed by atoms with Crippen LogP contribution >= 0.6 is 46.1 Å². The average Bonchev–Trinajstić information content (AvgIpc) is 2.40. The van der Waals surface area contributed by atoms with Gasteiger partial charge in [-0.3, -0.25) is 0 Å². The summed E-state index contributed by atoms with van der Waals surface area (Å²) >= 11 is 18.8. The quantitative estimate of drug-likeness (QED) is 0.724. The summed E-state index contributed by atoms with van der Waals surface area (Å²) in [5.41, 5.74) is 1.13. The van der Waals surface area contributed by atoms with Gasteiger partial charge in [0.15, 0.2) is 4.47 Å². The van der Waals surface area contributed by atoms with E-state index in [0.29, 0.717) is 21.4 Å². The van der Waals surface area contributed by atoms with Crippen molar-refractivity contribution in [2.24, 2.45) is 5.92 Å². The van der Waals surface area contributed by atoms with E-state index >= 15 is 0 Å². The van der Waals surface area contributed by atoms with Crippen molar-refractivity contribution < 1.29 is 0 Å². The molecule has 1 nitrogen and oxygen atoms in total. The second-order valence-corrected chi connectivity index (χ2v) is 5.37. The monoisotopic (exact) mass is 269 g/mol. The summed E-state index contributed by atoms with van der Waals surface area (Å²) < 4.78 is 0.457. The lowest BCUT2D eigenvalue weighted by Crippen LogP contribution is -1.94. The largest absolute Gasteiger partial charge is 0.212 e. The first kappa shape index (κ1) is 12.3. The van der Waals surface area contributed by atoms with E-state index in [1.165, 1.54) is 11.3 Å². The van der Waals surface area contributed by atoms with Crippen LogP contribution < -0.4 is 0 Å². The normalized spacial score (nSPS) is 12.6. The van der Waals surface area contributed by atoms with E-state index in [0.717, 1.165) is 10.5 Å². The highest BCUT2D eigenvalue weighted by Gasteiger charge is 2.08. The molecule has 78 valence electrons. The van der Waals surface area contributed by atoms with E-state index in [1.54, 1.807) is 0 Å². The van der Waals surface area contributed by atoms with Gasteiger partial charge in [0.2, 0.25) is 0 Å². The van der Waals surface area contributed by atoms with Crippen LogP contribution in [-0.4, -0.2) is 10.9 Å². The molecule has 0 spiro atoms. The van der Waals surface area contributed by atoms with Crippen LogP contribution in [0.5, 0.6) is 0 Å². The highest BCUT2D eigenvalue weighted by Crippen LogP contribution is 2.29. The smallest absolute Gasteiger partial charge is 0.185 e. The van der Waals surface area contributed by atoms with E-state index < -0.39 is 0 Å². The van der Waals surface area contributed by atoms with Gasteiger partial charge in [-0.25, -0.2) is 4.98 Å². The van der Waals surface area contributed by atoms with Crippen LogP contribution in [0.1, 0.15) is 18.7 Å². The van der Waals surface area contributed by atoms with Crippen molar-refractivity contribution in [3.05, 3.63) is 20.1 Å². The summed E-state index contributed by atoms with van der Waals surface area (Å²) in [5, 5.41) is 0.447. The summed E-state index contributed by atoms with van der Waals surface area (Å²) in [6, 6.07) is 0. The minimum Gasteiger partial charge on any atom is -0.212 e. The third-order valence-corrected chi connectivity index (χ3v) is 3.61. The molecule has 0 fully saturated rings. The van der Waals surface area contributed by atoms with Crippen molar-refractivity contribution in [1.82, 2.24) is 4.98 Å². The summed E-state index contributed by atoms with van der Waals surface area (Å²) in [6.07, 6.45) is 1.96.